The van der Waals surface area contributed by atoms with E-state index in [1.807, 2.05) is 40.7 Å². The van der Waals surface area contributed by atoms with Crippen molar-refractivity contribution in [3.63, 3.8) is 0 Å². The van der Waals surface area contributed by atoms with Gasteiger partial charge in [0.25, 0.3) is 0 Å². The Labute approximate surface area is 191 Å². The Morgan fingerprint density at radius 1 is 1.06 bits per heavy atom. The third-order valence-electron chi connectivity index (χ3n) is 4.63. The first-order chi connectivity index (χ1) is 14.7. The maximum absolute atomic E-state index is 13.6. The zero-order chi connectivity index (χ0) is 24.7. The van der Waals surface area contributed by atoms with Gasteiger partial charge in [-0.3, -0.25) is 9.59 Å². The minimum Gasteiger partial charge on any atom is -0.444 e. The summed E-state index contributed by atoms with van der Waals surface area (Å²) in [6.45, 7) is 13.8. The van der Waals surface area contributed by atoms with E-state index in [0.29, 0.717) is 12.0 Å². The quantitative estimate of drug-likeness (QED) is 0.565. The molecular formula is C24H39N3O5. The van der Waals surface area contributed by atoms with Gasteiger partial charge in [-0.2, -0.15) is 0 Å². The molecule has 0 bridgehead atoms. The van der Waals surface area contributed by atoms with Crippen LogP contribution in [0.4, 0.5) is 4.79 Å². The topological polar surface area (TPSA) is 108 Å². The fraction of sp³-hybridized carbons (Fsp3) is 0.625. The molecule has 8 nitrogen and oxygen atoms in total. The van der Waals surface area contributed by atoms with E-state index in [0.717, 1.165) is 0 Å². The van der Waals surface area contributed by atoms with Gasteiger partial charge in [0.2, 0.25) is 11.8 Å². The van der Waals surface area contributed by atoms with E-state index in [-0.39, 0.29) is 11.9 Å². The van der Waals surface area contributed by atoms with Crippen molar-refractivity contribution in [2.45, 2.75) is 91.1 Å². The summed E-state index contributed by atoms with van der Waals surface area (Å²) in [4.78, 5) is 40.6. The average Bonchev–Trinajstić information content (AvgIpc) is 2.66. The van der Waals surface area contributed by atoms with Crippen LogP contribution in [0.1, 0.15) is 73.4 Å². The third-order valence-corrected chi connectivity index (χ3v) is 4.63. The van der Waals surface area contributed by atoms with Crippen molar-refractivity contribution in [3.05, 3.63) is 35.9 Å². The van der Waals surface area contributed by atoms with Crippen LogP contribution >= 0.6 is 0 Å². The highest BCUT2D eigenvalue weighted by Gasteiger charge is 2.39. The molecule has 1 aromatic rings. The molecule has 3 unspecified atom stereocenters. The Bertz CT molecular complexity index is 768. The highest BCUT2D eigenvalue weighted by molar-refractivity contribution is 5.92. The fourth-order valence-electron chi connectivity index (χ4n) is 3.12. The average molecular weight is 450 g/mol. The number of rotatable bonds is 8. The van der Waals surface area contributed by atoms with Crippen LogP contribution < -0.4 is 10.6 Å². The van der Waals surface area contributed by atoms with Crippen molar-refractivity contribution in [1.29, 1.82) is 0 Å². The number of aliphatic hydroxyl groups is 1. The summed E-state index contributed by atoms with van der Waals surface area (Å²) in [5, 5.41) is 15.3. The lowest BCUT2D eigenvalue weighted by Crippen LogP contribution is -2.57. The van der Waals surface area contributed by atoms with Crippen LogP contribution in [0.3, 0.4) is 0 Å². The Hall–Kier alpha value is -2.61. The molecule has 180 valence electrons. The second-order valence-corrected chi connectivity index (χ2v) is 9.94. The first-order valence-electron chi connectivity index (χ1n) is 11.0. The largest absolute Gasteiger partial charge is 0.444 e. The van der Waals surface area contributed by atoms with Crippen molar-refractivity contribution in [2.24, 2.45) is 0 Å². The highest BCUT2D eigenvalue weighted by Crippen LogP contribution is 2.26. The number of amides is 3. The predicted molar refractivity (Wildman–Crippen MR) is 124 cm³/mol. The number of hydrogen-bond donors (Lipinski definition) is 3. The van der Waals surface area contributed by atoms with E-state index in [2.05, 4.69) is 10.6 Å². The van der Waals surface area contributed by atoms with Crippen molar-refractivity contribution in [3.8, 4) is 0 Å². The number of aliphatic hydroxyl groups excluding tert-OH is 1. The maximum Gasteiger partial charge on any atom is 0.408 e. The Balaban J connectivity index is 3.38. The molecule has 3 N–H and O–H groups in total. The Morgan fingerprint density at radius 3 is 2.06 bits per heavy atom. The van der Waals surface area contributed by atoms with Crippen LogP contribution in [-0.2, 0) is 14.3 Å². The molecule has 3 amide bonds. The van der Waals surface area contributed by atoms with Gasteiger partial charge in [0, 0.05) is 11.6 Å². The van der Waals surface area contributed by atoms with Gasteiger partial charge in [-0.1, -0.05) is 37.3 Å². The van der Waals surface area contributed by atoms with E-state index >= 15 is 0 Å². The van der Waals surface area contributed by atoms with Gasteiger partial charge < -0.3 is 25.4 Å². The molecule has 0 aliphatic rings. The molecule has 0 fully saturated rings. The van der Waals surface area contributed by atoms with Crippen LogP contribution in [0.2, 0.25) is 0 Å². The van der Waals surface area contributed by atoms with Crippen molar-refractivity contribution in [1.82, 2.24) is 15.5 Å². The van der Waals surface area contributed by atoms with Crippen molar-refractivity contribution < 1.29 is 24.2 Å². The molecule has 1 aromatic carbocycles. The van der Waals surface area contributed by atoms with Crippen molar-refractivity contribution >= 4 is 17.9 Å². The van der Waals surface area contributed by atoms with Crippen LogP contribution in [0, 0.1) is 0 Å². The molecule has 0 aromatic heterocycles. The summed E-state index contributed by atoms with van der Waals surface area (Å²) in [7, 11) is 0. The zero-order valence-electron chi connectivity index (χ0n) is 20.6. The van der Waals surface area contributed by atoms with Gasteiger partial charge in [0.1, 0.15) is 17.7 Å². The van der Waals surface area contributed by atoms with Crippen LogP contribution in [0.25, 0.3) is 0 Å². The van der Waals surface area contributed by atoms with Gasteiger partial charge in [0.05, 0.1) is 6.61 Å². The van der Waals surface area contributed by atoms with Crippen molar-refractivity contribution in [2.75, 3.05) is 6.61 Å². The molecule has 32 heavy (non-hydrogen) atoms. The first kappa shape index (κ1) is 27.4. The molecule has 0 aliphatic heterocycles. The standard InChI is InChI=1S/C24H39N3O5/c1-9-16(2)27(21(30)18(15-28)25-22(31)32-24(6,7)8)19(17-13-11-10-12-14-17)20(29)26-23(3,4)5/h10-14,16,18-19,28H,9,15H2,1-8H3,(H,25,31)(H,26,29). The number of hydrogen-bond acceptors (Lipinski definition) is 5. The lowest BCUT2D eigenvalue weighted by molar-refractivity contribution is -0.146. The van der Waals surface area contributed by atoms with Gasteiger partial charge >= 0.3 is 6.09 Å². The summed E-state index contributed by atoms with van der Waals surface area (Å²) in [5.74, 6) is -0.906. The summed E-state index contributed by atoms with van der Waals surface area (Å²) >= 11 is 0. The monoisotopic (exact) mass is 449 g/mol. The normalized spacial score (nSPS) is 14.7. The summed E-state index contributed by atoms with van der Waals surface area (Å²) in [5.41, 5.74) is -0.640. The van der Waals surface area contributed by atoms with E-state index < -0.39 is 41.8 Å². The lowest BCUT2D eigenvalue weighted by atomic mass is 9.98. The summed E-state index contributed by atoms with van der Waals surface area (Å²) < 4.78 is 5.23. The maximum atomic E-state index is 13.6. The SMILES string of the molecule is CCC(C)N(C(=O)C(CO)NC(=O)OC(C)(C)C)C(C(=O)NC(C)(C)C)c1ccccc1. The molecule has 0 heterocycles. The number of carbonyl (C=O) groups excluding carboxylic acids is 3. The second-order valence-electron chi connectivity index (χ2n) is 9.94. The predicted octanol–water partition coefficient (Wildman–Crippen LogP) is 3.16. The minimum absolute atomic E-state index is 0.340. The van der Waals surface area contributed by atoms with Gasteiger partial charge in [-0.05, 0) is 60.5 Å². The van der Waals surface area contributed by atoms with Gasteiger partial charge in [0.15, 0.2) is 0 Å². The Kier molecular flexibility index (Phi) is 9.70. The van der Waals surface area contributed by atoms with E-state index in [4.69, 9.17) is 4.74 Å². The first-order valence-corrected chi connectivity index (χ1v) is 11.0. The molecule has 8 heteroatoms. The molecule has 1 rings (SSSR count). The van der Waals surface area contributed by atoms with E-state index in [1.54, 1.807) is 45.0 Å². The molecule has 0 spiro atoms. The number of benzene rings is 1. The molecule has 0 saturated carbocycles. The summed E-state index contributed by atoms with van der Waals surface area (Å²) in [6.07, 6.45) is -0.243. The van der Waals surface area contributed by atoms with Crippen LogP contribution in [-0.4, -0.2) is 57.7 Å². The number of ether oxygens (including phenoxy) is 1. The third kappa shape index (κ3) is 8.49. The molecule has 0 saturated heterocycles. The highest BCUT2D eigenvalue weighted by atomic mass is 16.6. The smallest absolute Gasteiger partial charge is 0.408 e. The van der Waals surface area contributed by atoms with Crippen LogP contribution in [0.15, 0.2) is 30.3 Å². The number of nitrogens with one attached hydrogen (secondary N) is 2. The summed E-state index contributed by atoms with van der Waals surface area (Å²) in [6, 6.07) is 6.46. The van der Waals surface area contributed by atoms with Crippen LogP contribution in [0.5, 0.6) is 0 Å². The van der Waals surface area contributed by atoms with E-state index in [9.17, 15) is 19.5 Å². The number of alkyl carbamates (subject to hydrolysis) is 1. The van der Waals surface area contributed by atoms with E-state index in [1.165, 1.54) is 4.90 Å². The number of carbonyl (C=O) groups is 3. The second kappa shape index (κ2) is 11.3. The molecule has 3 atom stereocenters. The van der Waals surface area contributed by atoms with Gasteiger partial charge in [-0.25, -0.2) is 4.79 Å². The Morgan fingerprint density at radius 2 is 1.62 bits per heavy atom. The molecule has 0 radical (unpaired) electrons. The minimum atomic E-state index is -1.26. The molecular weight excluding hydrogens is 410 g/mol. The lowest BCUT2D eigenvalue weighted by Gasteiger charge is -2.39. The zero-order valence-corrected chi connectivity index (χ0v) is 20.6. The molecule has 0 aliphatic carbocycles. The van der Waals surface area contributed by atoms with Gasteiger partial charge in [-0.15, -0.1) is 0 Å². The number of nitrogens with zero attached hydrogens (tertiary/aromatic N) is 1. The fourth-order valence-corrected chi connectivity index (χ4v) is 3.12.